The van der Waals surface area contributed by atoms with Gasteiger partial charge in [-0.3, -0.25) is 9.36 Å². The highest BCUT2D eigenvalue weighted by Gasteiger charge is 2.03. The lowest BCUT2D eigenvalue weighted by Gasteiger charge is -2.04. The number of nitrogens with one attached hydrogen (secondary N) is 1. The van der Waals surface area contributed by atoms with E-state index in [4.69, 9.17) is 4.74 Å². The van der Waals surface area contributed by atoms with Crippen molar-refractivity contribution in [3.8, 4) is 0 Å². The lowest BCUT2D eigenvalue weighted by Crippen LogP contribution is -2.36. The number of aromatic nitrogens is 2. The number of ether oxygens (including phenoxy) is 1. The van der Waals surface area contributed by atoms with Crippen LogP contribution < -0.4 is 11.2 Å². The molecule has 0 amide bonds. The van der Waals surface area contributed by atoms with Crippen LogP contribution in [0.4, 0.5) is 0 Å². The maximum absolute atomic E-state index is 11.4. The highest BCUT2D eigenvalue weighted by Crippen LogP contribution is 1.95. The smallest absolute Gasteiger partial charge is 0.328 e. The van der Waals surface area contributed by atoms with E-state index in [1.807, 2.05) is 6.92 Å². The molecule has 0 saturated heterocycles. The summed E-state index contributed by atoms with van der Waals surface area (Å²) in [6.07, 6.45) is 1.34. The van der Waals surface area contributed by atoms with E-state index in [2.05, 4.69) is 20.9 Å². The SMILES string of the molecule is CCOCCn1c(=O)[nH]cc(Br)c1=O. The van der Waals surface area contributed by atoms with Gasteiger partial charge >= 0.3 is 5.69 Å². The normalized spacial score (nSPS) is 10.4. The molecule has 0 fully saturated rings. The van der Waals surface area contributed by atoms with Gasteiger partial charge in [0, 0.05) is 12.8 Å². The Bertz CT molecular complexity index is 410. The minimum Gasteiger partial charge on any atom is -0.380 e. The Hall–Kier alpha value is -0.880. The summed E-state index contributed by atoms with van der Waals surface area (Å²) in [4.78, 5) is 25.1. The van der Waals surface area contributed by atoms with Crippen molar-refractivity contribution in [3.05, 3.63) is 31.5 Å². The van der Waals surface area contributed by atoms with Gasteiger partial charge in [-0.1, -0.05) is 0 Å². The predicted molar refractivity (Wildman–Crippen MR) is 55.5 cm³/mol. The topological polar surface area (TPSA) is 64.1 Å². The summed E-state index contributed by atoms with van der Waals surface area (Å²) < 4.78 is 6.50. The number of nitrogens with zero attached hydrogens (tertiary/aromatic N) is 1. The highest BCUT2D eigenvalue weighted by atomic mass is 79.9. The van der Waals surface area contributed by atoms with Crippen LogP contribution in [0, 0.1) is 0 Å². The number of hydrogen-bond acceptors (Lipinski definition) is 3. The average Bonchev–Trinajstić information content (AvgIpc) is 2.18. The van der Waals surface area contributed by atoms with Crippen LogP contribution in [0.1, 0.15) is 6.92 Å². The second-order valence-corrected chi connectivity index (χ2v) is 3.45. The van der Waals surface area contributed by atoms with Crippen molar-refractivity contribution in [1.29, 1.82) is 0 Å². The molecule has 0 aliphatic rings. The van der Waals surface area contributed by atoms with E-state index in [0.717, 1.165) is 4.57 Å². The summed E-state index contributed by atoms with van der Waals surface area (Å²) in [5.41, 5.74) is -0.758. The molecule has 0 radical (unpaired) electrons. The molecule has 5 nitrogen and oxygen atoms in total. The molecule has 1 heterocycles. The molecule has 0 aliphatic heterocycles. The number of aromatic amines is 1. The molecule has 0 bridgehead atoms. The van der Waals surface area contributed by atoms with E-state index in [1.54, 1.807) is 0 Å². The van der Waals surface area contributed by atoms with Crippen molar-refractivity contribution in [2.24, 2.45) is 0 Å². The lowest BCUT2D eigenvalue weighted by molar-refractivity contribution is 0.137. The first-order valence-electron chi connectivity index (χ1n) is 4.22. The molecule has 0 atom stereocenters. The molecule has 0 unspecified atom stereocenters. The van der Waals surface area contributed by atoms with Crippen LogP contribution in [0.15, 0.2) is 20.3 Å². The Morgan fingerprint density at radius 2 is 2.29 bits per heavy atom. The molecule has 0 spiro atoms. The molecule has 1 N–H and O–H groups in total. The summed E-state index contributed by atoms with van der Waals surface area (Å²) >= 11 is 3.04. The van der Waals surface area contributed by atoms with E-state index in [0.29, 0.717) is 17.7 Å². The van der Waals surface area contributed by atoms with Gasteiger partial charge in [0.15, 0.2) is 0 Å². The van der Waals surface area contributed by atoms with Crippen molar-refractivity contribution in [2.75, 3.05) is 13.2 Å². The predicted octanol–water partition coefficient (Wildman–Crippen LogP) is 0.336. The zero-order chi connectivity index (χ0) is 10.6. The van der Waals surface area contributed by atoms with Crippen LogP contribution in [0.2, 0.25) is 0 Å². The molecular weight excluding hydrogens is 252 g/mol. The first-order chi connectivity index (χ1) is 6.66. The van der Waals surface area contributed by atoms with Gasteiger partial charge in [0.05, 0.1) is 17.6 Å². The minimum atomic E-state index is -0.419. The van der Waals surface area contributed by atoms with Gasteiger partial charge in [-0.05, 0) is 22.9 Å². The molecule has 6 heteroatoms. The van der Waals surface area contributed by atoms with Crippen molar-refractivity contribution >= 4 is 15.9 Å². The zero-order valence-electron chi connectivity index (χ0n) is 7.75. The molecule has 78 valence electrons. The Kier molecular flexibility index (Phi) is 4.09. The van der Waals surface area contributed by atoms with Crippen molar-refractivity contribution in [3.63, 3.8) is 0 Å². The van der Waals surface area contributed by atoms with E-state index in [1.165, 1.54) is 6.20 Å². The van der Waals surface area contributed by atoms with Crippen LogP contribution in [0.25, 0.3) is 0 Å². The third-order valence-electron chi connectivity index (χ3n) is 1.68. The summed E-state index contributed by atoms with van der Waals surface area (Å²) in [5, 5.41) is 0. The fourth-order valence-electron chi connectivity index (χ4n) is 0.989. The van der Waals surface area contributed by atoms with E-state index < -0.39 is 5.69 Å². The lowest BCUT2D eigenvalue weighted by atomic mass is 10.6. The third-order valence-corrected chi connectivity index (χ3v) is 2.25. The minimum absolute atomic E-state index is 0.265. The van der Waals surface area contributed by atoms with Gasteiger partial charge in [-0.25, -0.2) is 4.79 Å². The number of halogens is 1. The van der Waals surface area contributed by atoms with Crippen LogP contribution in [-0.2, 0) is 11.3 Å². The van der Waals surface area contributed by atoms with Gasteiger partial charge in [-0.2, -0.15) is 0 Å². The fraction of sp³-hybridized carbons (Fsp3) is 0.500. The second-order valence-electron chi connectivity index (χ2n) is 2.60. The van der Waals surface area contributed by atoms with E-state index in [9.17, 15) is 9.59 Å². The average molecular weight is 263 g/mol. The summed E-state index contributed by atoms with van der Waals surface area (Å²) in [6, 6.07) is 0. The fourth-order valence-corrected chi connectivity index (χ4v) is 1.32. The maximum atomic E-state index is 11.4. The Balaban J connectivity index is 2.90. The molecular formula is C8H11BrN2O3. The number of H-pyrrole nitrogens is 1. The monoisotopic (exact) mass is 262 g/mol. The molecule has 1 aromatic rings. The summed E-state index contributed by atoms with van der Waals surface area (Å²) in [5.74, 6) is 0. The number of rotatable bonds is 4. The van der Waals surface area contributed by atoms with Gasteiger partial charge in [0.2, 0.25) is 0 Å². The summed E-state index contributed by atoms with van der Waals surface area (Å²) in [6.45, 7) is 3.05. The molecule has 0 saturated carbocycles. The van der Waals surface area contributed by atoms with Gasteiger partial charge in [-0.15, -0.1) is 0 Å². The Morgan fingerprint density at radius 3 is 2.93 bits per heavy atom. The second kappa shape index (κ2) is 5.11. The molecule has 1 aromatic heterocycles. The molecule has 1 rings (SSSR count). The third kappa shape index (κ3) is 2.55. The van der Waals surface area contributed by atoms with E-state index in [-0.39, 0.29) is 12.1 Å². The van der Waals surface area contributed by atoms with Gasteiger partial charge in [0.25, 0.3) is 5.56 Å². The largest absolute Gasteiger partial charge is 0.380 e. The molecule has 14 heavy (non-hydrogen) atoms. The Morgan fingerprint density at radius 1 is 1.57 bits per heavy atom. The van der Waals surface area contributed by atoms with Crippen LogP contribution in [0.5, 0.6) is 0 Å². The van der Waals surface area contributed by atoms with Crippen LogP contribution in [0.3, 0.4) is 0 Å². The first kappa shape index (κ1) is 11.2. The maximum Gasteiger partial charge on any atom is 0.328 e. The van der Waals surface area contributed by atoms with Crippen molar-refractivity contribution in [2.45, 2.75) is 13.5 Å². The van der Waals surface area contributed by atoms with Crippen molar-refractivity contribution in [1.82, 2.24) is 9.55 Å². The van der Waals surface area contributed by atoms with Gasteiger partial charge < -0.3 is 9.72 Å². The van der Waals surface area contributed by atoms with Gasteiger partial charge in [0.1, 0.15) is 0 Å². The number of hydrogen-bond donors (Lipinski definition) is 1. The molecule has 0 aromatic carbocycles. The summed E-state index contributed by atoms with van der Waals surface area (Å²) in [7, 11) is 0. The quantitative estimate of drug-likeness (QED) is 0.796. The molecule has 0 aliphatic carbocycles. The van der Waals surface area contributed by atoms with E-state index >= 15 is 0 Å². The highest BCUT2D eigenvalue weighted by molar-refractivity contribution is 9.10. The zero-order valence-corrected chi connectivity index (χ0v) is 9.33. The van der Waals surface area contributed by atoms with Crippen molar-refractivity contribution < 1.29 is 4.74 Å². The van der Waals surface area contributed by atoms with Crippen LogP contribution in [-0.4, -0.2) is 22.8 Å². The first-order valence-corrected chi connectivity index (χ1v) is 5.02. The Labute approximate surface area is 88.8 Å². The standard InChI is InChI=1S/C8H11BrN2O3/c1-2-14-4-3-11-7(12)6(9)5-10-8(11)13/h5H,2-4H2,1H3,(H,10,13). The van der Waals surface area contributed by atoms with Crippen LogP contribution >= 0.6 is 15.9 Å².